The highest BCUT2D eigenvalue weighted by atomic mass is 35.5. The zero-order valence-electron chi connectivity index (χ0n) is 14.0. The van der Waals surface area contributed by atoms with E-state index in [9.17, 15) is 9.18 Å². The van der Waals surface area contributed by atoms with Gasteiger partial charge >= 0.3 is 6.03 Å². The molecule has 0 saturated carbocycles. The molecule has 3 rings (SSSR count). The molecule has 2 amide bonds. The molecule has 7 heteroatoms. The van der Waals surface area contributed by atoms with Crippen LogP contribution in [0.5, 0.6) is 0 Å². The number of carbonyl (C=O) groups is 1. The van der Waals surface area contributed by atoms with Crippen molar-refractivity contribution in [2.75, 3.05) is 24.5 Å². The summed E-state index contributed by atoms with van der Waals surface area (Å²) in [5.74, 6) is -0.495. The third-order valence-corrected chi connectivity index (χ3v) is 4.72. The van der Waals surface area contributed by atoms with Gasteiger partial charge in [0.05, 0.1) is 0 Å². The Morgan fingerprint density at radius 2 is 2.16 bits per heavy atom. The highest BCUT2D eigenvalue weighted by Gasteiger charge is 2.27. The van der Waals surface area contributed by atoms with Crippen molar-refractivity contribution >= 4 is 23.3 Å². The number of hydrogen-bond donors (Lipinski definition) is 1. The molecular weight excluding hydrogens is 343 g/mol. The van der Waals surface area contributed by atoms with Gasteiger partial charge in [0.25, 0.3) is 0 Å². The predicted octanol–water partition coefficient (Wildman–Crippen LogP) is 3.29. The Bertz CT molecular complexity index is 757. The van der Waals surface area contributed by atoms with Gasteiger partial charge in [-0.15, -0.1) is 0 Å². The molecule has 0 aliphatic carbocycles. The molecular formula is C18H20ClFN4O. The Kier molecular flexibility index (Phi) is 5.38. The lowest BCUT2D eigenvalue weighted by molar-refractivity contribution is 0.171. The minimum atomic E-state index is -0.495. The normalized spacial score (nSPS) is 17.5. The number of rotatable bonds is 3. The lowest BCUT2D eigenvalue weighted by Crippen LogP contribution is -2.56. The van der Waals surface area contributed by atoms with E-state index in [0.29, 0.717) is 31.2 Å². The summed E-state index contributed by atoms with van der Waals surface area (Å²) < 4.78 is 13.3. The molecule has 1 unspecified atom stereocenters. The molecule has 1 saturated heterocycles. The molecule has 1 atom stereocenters. The van der Waals surface area contributed by atoms with Gasteiger partial charge in [-0.2, -0.15) is 4.39 Å². The predicted molar refractivity (Wildman–Crippen MR) is 96.3 cm³/mol. The zero-order valence-corrected chi connectivity index (χ0v) is 14.7. The van der Waals surface area contributed by atoms with Crippen LogP contribution in [0.4, 0.5) is 14.9 Å². The molecule has 1 N–H and O–H groups in total. The maximum absolute atomic E-state index is 13.3. The van der Waals surface area contributed by atoms with E-state index in [1.807, 2.05) is 25.1 Å². The topological polar surface area (TPSA) is 48.5 Å². The summed E-state index contributed by atoms with van der Waals surface area (Å²) in [5.41, 5.74) is 1.67. The fourth-order valence-electron chi connectivity index (χ4n) is 3.00. The molecule has 1 aromatic carbocycles. The van der Waals surface area contributed by atoms with Crippen LogP contribution in [0.3, 0.4) is 0 Å². The summed E-state index contributed by atoms with van der Waals surface area (Å²) in [6.45, 7) is 4.23. The van der Waals surface area contributed by atoms with Crippen molar-refractivity contribution in [3.05, 3.63) is 59.1 Å². The SMILES string of the molecule is CC1CN(c2ccnc(F)c2)CCN1C(=O)NCc1ccccc1Cl. The van der Waals surface area contributed by atoms with E-state index in [0.717, 1.165) is 11.3 Å². The molecule has 1 aliphatic heterocycles. The number of hydrogen-bond acceptors (Lipinski definition) is 3. The molecule has 132 valence electrons. The Hall–Kier alpha value is -2.34. The number of halogens is 2. The molecule has 1 aromatic heterocycles. The van der Waals surface area contributed by atoms with Crippen molar-refractivity contribution in [1.82, 2.24) is 15.2 Å². The molecule has 1 aliphatic rings. The maximum atomic E-state index is 13.3. The first kappa shape index (κ1) is 17.5. The van der Waals surface area contributed by atoms with Crippen LogP contribution in [0.15, 0.2) is 42.6 Å². The van der Waals surface area contributed by atoms with Crippen molar-refractivity contribution in [1.29, 1.82) is 0 Å². The van der Waals surface area contributed by atoms with Gasteiger partial charge < -0.3 is 15.1 Å². The number of benzene rings is 1. The average Bonchev–Trinajstić information content (AvgIpc) is 2.60. The number of carbonyl (C=O) groups excluding carboxylic acids is 1. The lowest BCUT2D eigenvalue weighted by atomic mass is 10.2. The van der Waals surface area contributed by atoms with Crippen LogP contribution >= 0.6 is 11.6 Å². The molecule has 2 heterocycles. The summed E-state index contributed by atoms with van der Waals surface area (Å²) in [6, 6.07) is 10.5. The third-order valence-electron chi connectivity index (χ3n) is 4.35. The van der Waals surface area contributed by atoms with Crippen molar-refractivity contribution in [2.45, 2.75) is 19.5 Å². The van der Waals surface area contributed by atoms with Crippen LogP contribution < -0.4 is 10.2 Å². The third kappa shape index (κ3) is 4.20. The monoisotopic (exact) mass is 362 g/mol. The first-order valence-corrected chi connectivity index (χ1v) is 8.57. The van der Waals surface area contributed by atoms with Gasteiger partial charge in [-0.1, -0.05) is 29.8 Å². The molecule has 1 fully saturated rings. The number of amides is 2. The quantitative estimate of drug-likeness (QED) is 0.852. The summed E-state index contributed by atoms with van der Waals surface area (Å²) in [4.78, 5) is 19.9. The van der Waals surface area contributed by atoms with Crippen LogP contribution in [-0.2, 0) is 6.54 Å². The van der Waals surface area contributed by atoms with E-state index in [1.165, 1.54) is 12.3 Å². The van der Waals surface area contributed by atoms with E-state index in [-0.39, 0.29) is 12.1 Å². The Morgan fingerprint density at radius 1 is 1.36 bits per heavy atom. The maximum Gasteiger partial charge on any atom is 0.318 e. The Morgan fingerprint density at radius 3 is 2.88 bits per heavy atom. The fourth-order valence-corrected chi connectivity index (χ4v) is 3.20. The number of piperazine rings is 1. The molecule has 0 spiro atoms. The zero-order chi connectivity index (χ0) is 17.8. The molecule has 0 radical (unpaired) electrons. The Balaban J connectivity index is 1.57. The van der Waals surface area contributed by atoms with Gasteiger partial charge in [0.2, 0.25) is 5.95 Å². The number of pyridine rings is 1. The number of nitrogens with zero attached hydrogens (tertiary/aromatic N) is 3. The number of aromatic nitrogens is 1. The number of nitrogens with one attached hydrogen (secondary N) is 1. The average molecular weight is 363 g/mol. The first-order valence-electron chi connectivity index (χ1n) is 8.19. The van der Waals surface area contributed by atoms with Crippen molar-refractivity contribution in [3.8, 4) is 0 Å². The minimum Gasteiger partial charge on any atom is -0.368 e. The van der Waals surface area contributed by atoms with E-state index in [2.05, 4.69) is 15.2 Å². The molecule has 5 nitrogen and oxygen atoms in total. The minimum absolute atomic E-state index is 0.0104. The van der Waals surface area contributed by atoms with Gasteiger partial charge in [-0.25, -0.2) is 9.78 Å². The van der Waals surface area contributed by atoms with E-state index in [1.54, 1.807) is 17.0 Å². The molecule has 25 heavy (non-hydrogen) atoms. The van der Waals surface area contributed by atoms with Crippen molar-refractivity contribution < 1.29 is 9.18 Å². The largest absolute Gasteiger partial charge is 0.368 e. The second-order valence-corrected chi connectivity index (χ2v) is 6.48. The van der Waals surface area contributed by atoms with Crippen molar-refractivity contribution in [2.24, 2.45) is 0 Å². The van der Waals surface area contributed by atoms with Crippen LogP contribution in [-0.4, -0.2) is 41.6 Å². The number of urea groups is 1. The summed E-state index contributed by atoms with van der Waals surface area (Å²) in [6.07, 6.45) is 1.46. The molecule has 2 aromatic rings. The van der Waals surface area contributed by atoms with Gasteiger partial charge in [-0.3, -0.25) is 0 Å². The summed E-state index contributed by atoms with van der Waals surface area (Å²) >= 11 is 6.11. The smallest absolute Gasteiger partial charge is 0.318 e. The highest BCUT2D eigenvalue weighted by Crippen LogP contribution is 2.20. The van der Waals surface area contributed by atoms with Crippen LogP contribution in [0.25, 0.3) is 0 Å². The fraction of sp³-hybridized carbons (Fsp3) is 0.333. The summed E-state index contributed by atoms with van der Waals surface area (Å²) in [7, 11) is 0. The van der Waals surface area contributed by atoms with Gasteiger partial charge in [-0.05, 0) is 24.6 Å². The van der Waals surface area contributed by atoms with Gasteiger partial charge in [0.15, 0.2) is 0 Å². The first-order chi connectivity index (χ1) is 12.0. The van der Waals surface area contributed by atoms with E-state index < -0.39 is 5.95 Å². The van der Waals surface area contributed by atoms with Crippen LogP contribution in [0, 0.1) is 5.95 Å². The summed E-state index contributed by atoms with van der Waals surface area (Å²) in [5, 5.41) is 3.56. The lowest BCUT2D eigenvalue weighted by Gasteiger charge is -2.40. The van der Waals surface area contributed by atoms with Crippen LogP contribution in [0.1, 0.15) is 12.5 Å². The highest BCUT2D eigenvalue weighted by molar-refractivity contribution is 6.31. The van der Waals surface area contributed by atoms with E-state index >= 15 is 0 Å². The van der Waals surface area contributed by atoms with Gasteiger partial charge in [0, 0.05) is 55.2 Å². The number of anilines is 1. The second-order valence-electron chi connectivity index (χ2n) is 6.08. The standard InChI is InChI=1S/C18H20ClFN4O/c1-13-12-23(15-6-7-21-17(20)10-15)8-9-24(13)18(25)22-11-14-4-2-3-5-16(14)19/h2-7,10,13H,8-9,11-12H2,1H3,(H,22,25). The van der Waals surface area contributed by atoms with Gasteiger partial charge in [0.1, 0.15) is 0 Å². The van der Waals surface area contributed by atoms with Crippen LogP contribution in [0.2, 0.25) is 5.02 Å². The Labute approximate surface area is 151 Å². The molecule has 0 bridgehead atoms. The van der Waals surface area contributed by atoms with Crippen molar-refractivity contribution in [3.63, 3.8) is 0 Å². The second kappa shape index (κ2) is 7.70. The van der Waals surface area contributed by atoms with E-state index in [4.69, 9.17) is 11.6 Å².